The van der Waals surface area contributed by atoms with E-state index in [0.717, 1.165) is 22.4 Å². The molecule has 16 heavy (non-hydrogen) atoms. The van der Waals surface area contributed by atoms with E-state index in [9.17, 15) is 4.39 Å². The molecule has 1 aromatic carbocycles. The maximum absolute atomic E-state index is 13.0. The standard InChI is InChI=1S/C12H10ClFN2/c1-7-5-9(14)3-4-10(7)11-8(2)12(13)16-6-15-11/h3-6H,1-2H3. The Labute approximate surface area is 98.1 Å². The molecule has 0 aliphatic carbocycles. The topological polar surface area (TPSA) is 25.8 Å². The number of aryl methyl sites for hydroxylation is 1. The predicted molar refractivity (Wildman–Crippen MR) is 61.9 cm³/mol. The summed E-state index contributed by atoms with van der Waals surface area (Å²) < 4.78 is 13.0. The van der Waals surface area contributed by atoms with E-state index in [1.807, 2.05) is 13.8 Å². The Morgan fingerprint density at radius 1 is 1.19 bits per heavy atom. The van der Waals surface area contributed by atoms with E-state index in [0.29, 0.717) is 5.15 Å². The molecule has 0 amide bonds. The summed E-state index contributed by atoms with van der Waals surface area (Å²) in [4.78, 5) is 8.07. The predicted octanol–water partition coefficient (Wildman–Crippen LogP) is 3.55. The van der Waals surface area contributed by atoms with Gasteiger partial charge in [-0.2, -0.15) is 0 Å². The van der Waals surface area contributed by atoms with Crippen molar-refractivity contribution in [2.24, 2.45) is 0 Å². The highest BCUT2D eigenvalue weighted by Crippen LogP contribution is 2.27. The second-order valence-electron chi connectivity index (χ2n) is 3.60. The van der Waals surface area contributed by atoms with Crippen molar-refractivity contribution in [3.63, 3.8) is 0 Å². The van der Waals surface area contributed by atoms with Crippen LogP contribution in [-0.2, 0) is 0 Å². The van der Waals surface area contributed by atoms with Crippen LogP contribution < -0.4 is 0 Å². The van der Waals surface area contributed by atoms with Crippen LogP contribution in [0.15, 0.2) is 24.5 Å². The van der Waals surface area contributed by atoms with Crippen molar-refractivity contribution in [2.45, 2.75) is 13.8 Å². The minimum absolute atomic E-state index is 0.251. The molecule has 4 heteroatoms. The minimum atomic E-state index is -0.251. The molecule has 0 atom stereocenters. The molecule has 1 heterocycles. The van der Waals surface area contributed by atoms with E-state index in [-0.39, 0.29) is 5.82 Å². The zero-order valence-corrected chi connectivity index (χ0v) is 9.72. The Hall–Kier alpha value is -1.48. The average Bonchev–Trinajstić information content (AvgIpc) is 2.23. The highest BCUT2D eigenvalue weighted by Gasteiger charge is 2.10. The van der Waals surface area contributed by atoms with Crippen molar-refractivity contribution in [3.8, 4) is 11.3 Å². The van der Waals surface area contributed by atoms with E-state index in [1.54, 1.807) is 6.07 Å². The summed E-state index contributed by atoms with van der Waals surface area (Å²) in [5.41, 5.74) is 3.26. The van der Waals surface area contributed by atoms with Gasteiger partial charge in [0.05, 0.1) is 5.69 Å². The van der Waals surface area contributed by atoms with E-state index in [4.69, 9.17) is 11.6 Å². The molecular formula is C12H10ClFN2. The Balaban J connectivity index is 2.63. The molecule has 0 bridgehead atoms. The fourth-order valence-corrected chi connectivity index (χ4v) is 1.73. The van der Waals surface area contributed by atoms with E-state index < -0.39 is 0 Å². The zero-order chi connectivity index (χ0) is 11.7. The van der Waals surface area contributed by atoms with Gasteiger partial charge < -0.3 is 0 Å². The van der Waals surface area contributed by atoms with Crippen molar-refractivity contribution in [2.75, 3.05) is 0 Å². The molecule has 0 unspecified atom stereocenters. The van der Waals surface area contributed by atoms with Gasteiger partial charge in [-0.1, -0.05) is 11.6 Å². The molecule has 0 spiro atoms. The molecular weight excluding hydrogens is 227 g/mol. The van der Waals surface area contributed by atoms with E-state index >= 15 is 0 Å². The van der Waals surface area contributed by atoms with Crippen LogP contribution in [0.4, 0.5) is 4.39 Å². The van der Waals surface area contributed by atoms with Crippen molar-refractivity contribution in [1.29, 1.82) is 0 Å². The monoisotopic (exact) mass is 236 g/mol. The van der Waals surface area contributed by atoms with Crippen LogP contribution in [-0.4, -0.2) is 9.97 Å². The van der Waals surface area contributed by atoms with E-state index in [1.165, 1.54) is 18.5 Å². The lowest BCUT2D eigenvalue weighted by Crippen LogP contribution is -1.94. The van der Waals surface area contributed by atoms with Crippen molar-refractivity contribution < 1.29 is 4.39 Å². The van der Waals surface area contributed by atoms with Crippen LogP contribution in [0.1, 0.15) is 11.1 Å². The number of halogens is 2. The first-order valence-electron chi connectivity index (χ1n) is 4.83. The maximum atomic E-state index is 13.0. The molecule has 0 radical (unpaired) electrons. The van der Waals surface area contributed by atoms with Gasteiger partial charge in [-0.3, -0.25) is 0 Å². The second kappa shape index (κ2) is 4.18. The Kier molecular flexibility index (Phi) is 2.88. The van der Waals surface area contributed by atoms with Gasteiger partial charge in [0.1, 0.15) is 17.3 Å². The van der Waals surface area contributed by atoms with Gasteiger partial charge in [-0.25, -0.2) is 14.4 Å². The number of benzene rings is 1. The third kappa shape index (κ3) is 1.91. The van der Waals surface area contributed by atoms with Crippen LogP contribution in [0.25, 0.3) is 11.3 Å². The number of nitrogens with zero attached hydrogens (tertiary/aromatic N) is 2. The molecule has 2 rings (SSSR count). The molecule has 0 aliphatic heterocycles. The zero-order valence-electron chi connectivity index (χ0n) is 8.96. The summed E-state index contributed by atoms with van der Waals surface area (Å²) in [6.07, 6.45) is 1.41. The van der Waals surface area contributed by atoms with Gasteiger partial charge in [0.2, 0.25) is 0 Å². The first kappa shape index (κ1) is 11.0. The first-order valence-corrected chi connectivity index (χ1v) is 5.21. The first-order chi connectivity index (χ1) is 7.59. The maximum Gasteiger partial charge on any atom is 0.135 e. The lowest BCUT2D eigenvalue weighted by molar-refractivity contribution is 0.627. The molecule has 0 saturated heterocycles. The average molecular weight is 237 g/mol. The summed E-state index contributed by atoms with van der Waals surface area (Å²) in [5, 5.41) is 0.425. The molecule has 0 N–H and O–H groups in total. The molecule has 0 saturated carbocycles. The van der Waals surface area contributed by atoms with Crippen LogP contribution in [0, 0.1) is 19.7 Å². The largest absolute Gasteiger partial charge is 0.236 e. The van der Waals surface area contributed by atoms with Gasteiger partial charge in [-0.15, -0.1) is 0 Å². The van der Waals surface area contributed by atoms with E-state index in [2.05, 4.69) is 9.97 Å². The molecule has 2 aromatic rings. The molecule has 0 aliphatic rings. The molecule has 0 fully saturated rings. The molecule has 82 valence electrons. The highest BCUT2D eigenvalue weighted by atomic mass is 35.5. The Morgan fingerprint density at radius 3 is 2.62 bits per heavy atom. The van der Waals surface area contributed by atoms with Gasteiger partial charge in [0.15, 0.2) is 0 Å². The smallest absolute Gasteiger partial charge is 0.135 e. The highest BCUT2D eigenvalue weighted by molar-refractivity contribution is 6.30. The Morgan fingerprint density at radius 2 is 1.94 bits per heavy atom. The normalized spacial score (nSPS) is 10.5. The van der Waals surface area contributed by atoms with Crippen molar-refractivity contribution in [1.82, 2.24) is 9.97 Å². The lowest BCUT2D eigenvalue weighted by Gasteiger charge is -2.08. The van der Waals surface area contributed by atoms with Crippen LogP contribution in [0.3, 0.4) is 0 Å². The van der Waals surface area contributed by atoms with Gasteiger partial charge in [0.25, 0.3) is 0 Å². The SMILES string of the molecule is Cc1cc(F)ccc1-c1ncnc(Cl)c1C. The van der Waals surface area contributed by atoms with Gasteiger partial charge >= 0.3 is 0 Å². The number of rotatable bonds is 1. The van der Waals surface area contributed by atoms with Crippen molar-refractivity contribution >= 4 is 11.6 Å². The quantitative estimate of drug-likeness (QED) is 0.708. The lowest BCUT2D eigenvalue weighted by atomic mass is 10.0. The third-order valence-electron chi connectivity index (χ3n) is 2.47. The summed E-state index contributed by atoms with van der Waals surface area (Å²) >= 11 is 5.92. The van der Waals surface area contributed by atoms with Crippen LogP contribution in [0.2, 0.25) is 5.15 Å². The summed E-state index contributed by atoms with van der Waals surface area (Å²) in [6.45, 7) is 3.69. The van der Waals surface area contributed by atoms with Crippen LogP contribution in [0.5, 0.6) is 0 Å². The minimum Gasteiger partial charge on any atom is -0.236 e. The summed E-state index contributed by atoms with van der Waals surface area (Å²) in [6, 6.07) is 4.60. The van der Waals surface area contributed by atoms with Crippen molar-refractivity contribution in [3.05, 3.63) is 46.6 Å². The third-order valence-corrected chi connectivity index (χ3v) is 2.85. The number of aromatic nitrogens is 2. The Bertz CT molecular complexity index is 541. The number of hydrogen-bond donors (Lipinski definition) is 0. The molecule has 1 aromatic heterocycles. The fourth-order valence-electron chi connectivity index (χ4n) is 1.59. The van der Waals surface area contributed by atoms with Gasteiger partial charge in [0, 0.05) is 11.1 Å². The number of hydrogen-bond acceptors (Lipinski definition) is 2. The van der Waals surface area contributed by atoms with Gasteiger partial charge in [-0.05, 0) is 37.6 Å². The fraction of sp³-hybridized carbons (Fsp3) is 0.167. The molecule has 2 nitrogen and oxygen atoms in total. The van der Waals surface area contributed by atoms with Crippen LogP contribution >= 0.6 is 11.6 Å². The second-order valence-corrected chi connectivity index (χ2v) is 3.96. The summed E-state index contributed by atoms with van der Waals surface area (Å²) in [7, 11) is 0. The summed E-state index contributed by atoms with van der Waals surface area (Å²) in [5.74, 6) is -0.251.